The summed E-state index contributed by atoms with van der Waals surface area (Å²) in [7, 11) is 1.47. The monoisotopic (exact) mass is 1030 g/mol. The highest BCUT2D eigenvalue weighted by atomic mass is 31.2. The van der Waals surface area contributed by atoms with Crippen LogP contribution >= 0.6 is 7.82 Å². The molecule has 9 nitrogen and oxygen atoms in total. The Kier molecular flexibility index (Phi) is 51.8. The lowest BCUT2D eigenvalue weighted by Crippen LogP contribution is -2.37. The third-order valence-corrected chi connectivity index (χ3v) is 14.0. The first-order chi connectivity index (χ1) is 35.0. The summed E-state index contributed by atoms with van der Waals surface area (Å²) in [5.41, 5.74) is 0. The van der Waals surface area contributed by atoms with Crippen LogP contribution in [-0.4, -0.2) is 74.9 Å². The van der Waals surface area contributed by atoms with Crippen molar-refractivity contribution in [2.24, 2.45) is 0 Å². The predicted octanol–water partition coefficient (Wildman–Crippen LogP) is 18.7. The van der Waals surface area contributed by atoms with Gasteiger partial charge in [0.15, 0.2) is 6.10 Å². The van der Waals surface area contributed by atoms with E-state index in [1.807, 2.05) is 21.1 Å². The Bertz CT molecular complexity index is 1400. The molecular weight excluding hydrogens is 918 g/mol. The molecule has 0 saturated carbocycles. The first-order valence-corrected chi connectivity index (χ1v) is 31.5. The number of carbonyl (C=O) groups excluding carboxylic acids is 2. The summed E-state index contributed by atoms with van der Waals surface area (Å²) in [5.74, 6) is -0.811. The van der Waals surface area contributed by atoms with Gasteiger partial charge in [0, 0.05) is 12.8 Å². The van der Waals surface area contributed by atoms with Crippen LogP contribution in [0.2, 0.25) is 0 Å². The molecule has 2 unspecified atom stereocenters. The second kappa shape index (κ2) is 53.5. The van der Waals surface area contributed by atoms with Crippen molar-refractivity contribution in [3.63, 3.8) is 0 Å². The van der Waals surface area contributed by atoms with Gasteiger partial charge in [-0.3, -0.25) is 18.6 Å². The zero-order valence-electron chi connectivity index (χ0n) is 47.7. The van der Waals surface area contributed by atoms with Crippen molar-refractivity contribution in [2.45, 2.75) is 277 Å². The van der Waals surface area contributed by atoms with Gasteiger partial charge in [-0.25, -0.2) is 4.57 Å². The second-order valence-corrected chi connectivity index (χ2v) is 22.8. The average molecular weight is 1030 g/mol. The van der Waals surface area contributed by atoms with Gasteiger partial charge in [0.1, 0.15) is 19.8 Å². The topological polar surface area (TPSA) is 108 Å². The highest BCUT2D eigenvalue weighted by Crippen LogP contribution is 2.43. The molecule has 0 aromatic rings. The van der Waals surface area contributed by atoms with Crippen molar-refractivity contribution in [3.8, 4) is 0 Å². The van der Waals surface area contributed by atoms with E-state index in [1.54, 1.807) is 0 Å². The van der Waals surface area contributed by atoms with Crippen LogP contribution < -0.4 is 0 Å². The van der Waals surface area contributed by atoms with E-state index in [1.165, 1.54) is 154 Å². The zero-order chi connectivity index (χ0) is 52.7. The Hall–Kier alpha value is -2.29. The number of carbonyl (C=O) groups is 2. The number of hydrogen-bond donors (Lipinski definition) is 1. The maximum atomic E-state index is 12.8. The van der Waals surface area contributed by atoms with E-state index in [2.05, 4.69) is 74.6 Å². The number of likely N-dealkylation sites (N-methyl/N-ethyl adjacent to an activating group) is 1. The average Bonchev–Trinajstić information content (AvgIpc) is 3.34. The van der Waals surface area contributed by atoms with Crippen molar-refractivity contribution in [1.29, 1.82) is 0 Å². The van der Waals surface area contributed by atoms with E-state index in [9.17, 15) is 19.0 Å². The summed E-state index contributed by atoms with van der Waals surface area (Å²) in [6.45, 7) is 4.33. The van der Waals surface area contributed by atoms with Gasteiger partial charge in [0.05, 0.1) is 27.7 Å². The number of phosphoric ester groups is 1. The smallest absolute Gasteiger partial charge is 0.462 e. The summed E-state index contributed by atoms with van der Waals surface area (Å²) < 4.78 is 34.6. The van der Waals surface area contributed by atoms with Crippen LogP contribution in [0.1, 0.15) is 271 Å². The molecule has 0 amide bonds. The lowest BCUT2D eigenvalue weighted by atomic mass is 10.0. The minimum atomic E-state index is -4.39. The van der Waals surface area contributed by atoms with Gasteiger partial charge in [-0.15, -0.1) is 0 Å². The number of unbranched alkanes of at least 4 members (excludes halogenated alkanes) is 31. The van der Waals surface area contributed by atoms with E-state index in [4.69, 9.17) is 18.5 Å². The number of allylic oxidation sites excluding steroid dienone is 10. The van der Waals surface area contributed by atoms with Crippen LogP contribution in [-0.2, 0) is 32.7 Å². The zero-order valence-corrected chi connectivity index (χ0v) is 48.6. The minimum absolute atomic E-state index is 0.0265. The Morgan fingerprint density at radius 3 is 1.18 bits per heavy atom. The molecule has 0 radical (unpaired) electrons. The molecule has 1 N–H and O–H groups in total. The summed E-state index contributed by atoms with van der Waals surface area (Å²) in [5, 5.41) is 0. The lowest BCUT2D eigenvalue weighted by Gasteiger charge is -2.24. The summed E-state index contributed by atoms with van der Waals surface area (Å²) >= 11 is 0. The van der Waals surface area contributed by atoms with Crippen molar-refractivity contribution in [1.82, 2.24) is 0 Å². The van der Waals surface area contributed by atoms with Gasteiger partial charge < -0.3 is 18.9 Å². The summed E-state index contributed by atoms with van der Waals surface area (Å²) in [4.78, 5) is 35.7. The van der Waals surface area contributed by atoms with Gasteiger partial charge in [-0.05, 0) is 57.8 Å². The van der Waals surface area contributed by atoms with E-state index < -0.39 is 26.5 Å². The first-order valence-electron chi connectivity index (χ1n) is 30.0. The standard InChI is InChI=1S/C62H114NO8P/c1-6-8-10-12-14-16-18-20-22-24-26-28-29-30-31-32-33-35-36-38-40-42-44-46-48-50-52-54-61(64)68-58-60(59-70-72(66,67)69-57-56-63(3,4)5)71-62(65)55-53-51-49-47-45-43-41-39-37-34-27-25-23-21-19-17-15-13-11-9-7-2/h9,11,15,17,21,23,27,34,39,41,60H,6-8,10,12-14,16,18-20,22,24-26,28-33,35-38,40,42-59H2,1-5H3/p+1/b11-9-,17-15-,23-21-,34-27-,41-39-. The summed E-state index contributed by atoms with van der Waals surface area (Å²) in [6.07, 6.45) is 68.7. The molecule has 0 bridgehead atoms. The van der Waals surface area contributed by atoms with Gasteiger partial charge in [0.25, 0.3) is 0 Å². The quantitative estimate of drug-likeness (QED) is 0.0211. The van der Waals surface area contributed by atoms with Crippen LogP contribution in [0, 0.1) is 0 Å². The molecule has 0 heterocycles. The molecule has 10 heteroatoms. The number of rotatable bonds is 55. The lowest BCUT2D eigenvalue weighted by molar-refractivity contribution is -0.870. The second-order valence-electron chi connectivity index (χ2n) is 21.4. The van der Waals surface area contributed by atoms with Crippen molar-refractivity contribution in [3.05, 3.63) is 60.8 Å². The molecule has 2 atom stereocenters. The molecule has 0 aromatic carbocycles. The first kappa shape index (κ1) is 69.7. The largest absolute Gasteiger partial charge is 0.472 e. The van der Waals surface area contributed by atoms with Gasteiger partial charge >= 0.3 is 19.8 Å². The third-order valence-electron chi connectivity index (χ3n) is 13.1. The Balaban J connectivity index is 4.13. The number of phosphoric acid groups is 1. The molecule has 0 aromatic heterocycles. The number of quaternary nitrogens is 1. The number of nitrogens with zero attached hydrogens (tertiary/aromatic N) is 1. The van der Waals surface area contributed by atoms with Gasteiger partial charge in [-0.2, -0.15) is 0 Å². The van der Waals surface area contributed by atoms with Crippen LogP contribution in [0.15, 0.2) is 60.8 Å². The van der Waals surface area contributed by atoms with E-state index >= 15 is 0 Å². The van der Waals surface area contributed by atoms with E-state index in [0.29, 0.717) is 17.4 Å². The van der Waals surface area contributed by atoms with Crippen molar-refractivity contribution in [2.75, 3.05) is 47.5 Å². The van der Waals surface area contributed by atoms with E-state index in [-0.39, 0.29) is 32.0 Å². The molecule has 0 saturated heterocycles. The molecule has 0 aliphatic rings. The van der Waals surface area contributed by atoms with Crippen molar-refractivity contribution < 1.29 is 42.1 Å². The number of ether oxygens (including phenoxy) is 2. The molecule has 72 heavy (non-hydrogen) atoms. The van der Waals surface area contributed by atoms with Crippen LogP contribution in [0.4, 0.5) is 0 Å². The Morgan fingerprint density at radius 2 is 0.792 bits per heavy atom. The van der Waals surface area contributed by atoms with Gasteiger partial charge in [0.2, 0.25) is 0 Å². The SMILES string of the molecule is CC/C=C\C/C=C\C/C=C\C/C=C\C/C=C\CCCCCCCC(=O)OC(COC(=O)CCCCCCCCCCCCCCCCCCCCCCCCCCCCC)COP(=O)(O)OCC[N+](C)(C)C. The summed E-state index contributed by atoms with van der Waals surface area (Å²) in [6, 6.07) is 0. The normalized spacial score (nSPS) is 13.7. The predicted molar refractivity (Wildman–Crippen MR) is 307 cm³/mol. The fraction of sp³-hybridized carbons (Fsp3) is 0.806. The Morgan fingerprint density at radius 1 is 0.444 bits per heavy atom. The highest BCUT2D eigenvalue weighted by Gasteiger charge is 2.27. The molecule has 0 spiro atoms. The fourth-order valence-electron chi connectivity index (χ4n) is 8.46. The molecule has 0 aliphatic heterocycles. The molecular formula is C62H115NO8P+. The highest BCUT2D eigenvalue weighted by molar-refractivity contribution is 7.47. The van der Waals surface area contributed by atoms with Gasteiger partial charge in [-0.1, -0.05) is 261 Å². The number of hydrogen-bond acceptors (Lipinski definition) is 7. The molecule has 0 rings (SSSR count). The maximum absolute atomic E-state index is 12.8. The molecule has 0 aliphatic carbocycles. The maximum Gasteiger partial charge on any atom is 0.472 e. The fourth-order valence-corrected chi connectivity index (χ4v) is 9.20. The van der Waals surface area contributed by atoms with Crippen LogP contribution in [0.3, 0.4) is 0 Å². The minimum Gasteiger partial charge on any atom is -0.462 e. The van der Waals surface area contributed by atoms with E-state index in [0.717, 1.165) is 83.5 Å². The van der Waals surface area contributed by atoms with Crippen LogP contribution in [0.25, 0.3) is 0 Å². The third kappa shape index (κ3) is 57.0. The Labute approximate surface area is 445 Å². The van der Waals surface area contributed by atoms with Crippen LogP contribution in [0.5, 0.6) is 0 Å². The number of esters is 2. The van der Waals surface area contributed by atoms with Crippen molar-refractivity contribution >= 4 is 19.8 Å². The molecule has 0 fully saturated rings. The molecule has 420 valence electrons.